The van der Waals surface area contributed by atoms with Crippen molar-refractivity contribution in [2.75, 3.05) is 0 Å². The maximum absolute atomic E-state index is 11.4. The van der Waals surface area contributed by atoms with Crippen LogP contribution in [0.5, 0.6) is 0 Å². The van der Waals surface area contributed by atoms with E-state index in [1.54, 1.807) is 6.92 Å². The third kappa shape index (κ3) is 6.82. The highest BCUT2D eigenvalue weighted by molar-refractivity contribution is 5.98. The molecular weight excluding hydrogens is 362 g/mol. The third-order valence-corrected chi connectivity index (χ3v) is 4.62. The Labute approximate surface area is 173 Å². The number of hydrogen-bond acceptors (Lipinski definition) is 5. The number of aromatic nitrogens is 2. The molecule has 156 valence electrons. The molecule has 1 aromatic rings. The van der Waals surface area contributed by atoms with Gasteiger partial charge < -0.3 is 21.1 Å². The molecule has 0 aliphatic carbocycles. The highest BCUT2D eigenvalue weighted by Gasteiger charge is 2.15. The largest absolute Gasteiger partial charge is 0.398 e. The highest BCUT2D eigenvalue weighted by atomic mass is 16.1. The molecule has 0 spiro atoms. The van der Waals surface area contributed by atoms with E-state index in [-0.39, 0.29) is 11.4 Å². The molecule has 0 saturated heterocycles. The Morgan fingerprint density at radius 3 is 2.45 bits per heavy atom. The quantitative estimate of drug-likeness (QED) is 0.216. The van der Waals surface area contributed by atoms with Gasteiger partial charge in [0.15, 0.2) is 5.78 Å². The summed E-state index contributed by atoms with van der Waals surface area (Å²) < 4.78 is 1.90. The smallest absolute Gasteiger partial charge is 0.159 e. The Morgan fingerprint density at radius 2 is 1.93 bits per heavy atom. The molecule has 0 unspecified atom stereocenters. The van der Waals surface area contributed by atoms with Crippen LogP contribution < -0.4 is 5.73 Å². The molecule has 6 heteroatoms. The molecule has 4 N–H and O–H groups in total. The lowest BCUT2D eigenvalue weighted by atomic mass is 10.0. The van der Waals surface area contributed by atoms with Crippen molar-refractivity contribution in [3.05, 3.63) is 53.3 Å². The summed E-state index contributed by atoms with van der Waals surface area (Å²) in [5, 5.41) is 15.6. The molecule has 0 atom stereocenters. The van der Waals surface area contributed by atoms with Gasteiger partial charge in [-0.2, -0.15) is 0 Å². The van der Waals surface area contributed by atoms with E-state index in [9.17, 15) is 4.79 Å². The van der Waals surface area contributed by atoms with Crippen molar-refractivity contribution in [1.82, 2.24) is 9.55 Å². The normalized spacial score (nSPS) is 13.1. The molecule has 0 aromatic carbocycles. The van der Waals surface area contributed by atoms with Crippen LogP contribution >= 0.6 is 0 Å². The van der Waals surface area contributed by atoms with Gasteiger partial charge in [0.2, 0.25) is 0 Å². The minimum atomic E-state index is -0.168. The second-order valence-electron chi connectivity index (χ2n) is 7.23. The standard InChI is InChI=1S/C23H33N5O/c1-7-8-9-10-19(12-16(3)25)22-14-28(6)23(27-22)17(4)20(13-24)21(26)11-15(2)18(5)29/h11-14,24-25H,2,7-10,26H2,1,3-6H3/b19-12+,20-17+,21-11+,24-13?,25-16?. The van der Waals surface area contributed by atoms with Crippen molar-refractivity contribution < 1.29 is 4.79 Å². The van der Waals surface area contributed by atoms with Crippen molar-refractivity contribution in [1.29, 1.82) is 10.8 Å². The number of carbonyl (C=O) groups is 1. The maximum atomic E-state index is 11.4. The van der Waals surface area contributed by atoms with Crippen LogP contribution in [0.25, 0.3) is 11.1 Å². The number of aryl methyl sites for hydroxylation is 1. The number of rotatable bonds is 11. The van der Waals surface area contributed by atoms with Crippen LogP contribution in [0.3, 0.4) is 0 Å². The summed E-state index contributed by atoms with van der Waals surface area (Å²) in [6, 6.07) is 0. The van der Waals surface area contributed by atoms with Crippen LogP contribution in [-0.2, 0) is 11.8 Å². The Bertz CT molecular complexity index is 896. The SMILES string of the molecule is C=C(/C=C(N)\C(C=N)=C(/C)c1nc(/C(=C/C(C)=N)CCCCC)cn1C)C(C)=O. The first-order chi connectivity index (χ1) is 13.6. The number of Topliss-reactive ketones (excluding diaryl/α,β-unsaturated/α-hetero) is 1. The molecule has 0 amide bonds. The minimum Gasteiger partial charge on any atom is -0.398 e. The monoisotopic (exact) mass is 395 g/mol. The molecule has 0 saturated carbocycles. The van der Waals surface area contributed by atoms with Crippen molar-refractivity contribution in [3.8, 4) is 0 Å². The van der Waals surface area contributed by atoms with Crippen LogP contribution in [0.2, 0.25) is 0 Å². The summed E-state index contributed by atoms with van der Waals surface area (Å²) in [7, 11) is 1.90. The van der Waals surface area contributed by atoms with E-state index in [1.165, 1.54) is 19.2 Å². The van der Waals surface area contributed by atoms with Gasteiger partial charge >= 0.3 is 0 Å². The van der Waals surface area contributed by atoms with E-state index in [0.29, 0.717) is 22.8 Å². The van der Waals surface area contributed by atoms with Gasteiger partial charge in [0.25, 0.3) is 0 Å². The first-order valence-electron chi connectivity index (χ1n) is 9.80. The predicted molar refractivity (Wildman–Crippen MR) is 122 cm³/mol. The lowest BCUT2D eigenvalue weighted by Crippen LogP contribution is -2.08. The first kappa shape index (κ1) is 24.0. The number of hydrogen-bond donors (Lipinski definition) is 3. The van der Waals surface area contributed by atoms with Gasteiger partial charge in [-0.3, -0.25) is 4.79 Å². The third-order valence-electron chi connectivity index (χ3n) is 4.62. The maximum Gasteiger partial charge on any atom is 0.159 e. The van der Waals surface area contributed by atoms with Gasteiger partial charge in [0.05, 0.1) is 5.69 Å². The molecule has 0 radical (unpaired) electrons. The molecule has 1 rings (SSSR count). The lowest BCUT2D eigenvalue weighted by Gasteiger charge is -2.09. The fourth-order valence-electron chi connectivity index (χ4n) is 2.97. The number of imidazole rings is 1. The average Bonchev–Trinajstić information content (AvgIpc) is 3.02. The molecular formula is C23H33N5O. The second kappa shape index (κ2) is 11.1. The number of nitrogens with zero attached hydrogens (tertiary/aromatic N) is 2. The van der Waals surface area contributed by atoms with Gasteiger partial charge in [0.1, 0.15) is 5.82 Å². The van der Waals surface area contributed by atoms with E-state index in [2.05, 4.69) is 13.5 Å². The summed E-state index contributed by atoms with van der Waals surface area (Å²) >= 11 is 0. The zero-order chi connectivity index (χ0) is 22.1. The van der Waals surface area contributed by atoms with E-state index in [0.717, 1.165) is 42.5 Å². The number of ketones is 1. The first-order valence-corrected chi connectivity index (χ1v) is 9.80. The summed E-state index contributed by atoms with van der Waals surface area (Å²) in [6.07, 6.45) is 10.6. The molecule has 0 bridgehead atoms. The molecule has 1 heterocycles. The van der Waals surface area contributed by atoms with E-state index in [4.69, 9.17) is 21.5 Å². The molecule has 1 aromatic heterocycles. The topological polar surface area (TPSA) is 109 Å². The molecule has 0 fully saturated rings. The number of nitrogens with two attached hydrogens (primary N) is 1. The number of unbranched alkanes of at least 4 members (excludes halogenated alkanes) is 2. The summed E-state index contributed by atoms with van der Waals surface area (Å²) in [4.78, 5) is 16.2. The summed E-state index contributed by atoms with van der Waals surface area (Å²) in [6.45, 7) is 10.9. The van der Waals surface area contributed by atoms with Gasteiger partial charge in [-0.15, -0.1) is 0 Å². The molecule has 0 aliphatic heterocycles. The Morgan fingerprint density at radius 1 is 1.28 bits per heavy atom. The predicted octanol–water partition coefficient (Wildman–Crippen LogP) is 4.83. The van der Waals surface area contributed by atoms with Crippen LogP contribution in [0, 0.1) is 10.8 Å². The van der Waals surface area contributed by atoms with Crippen molar-refractivity contribution in [2.45, 2.75) is 53.4 Å². The van der Waals surface area contributed by atoms with Crippen molar-refractivity contribution in [2.24, 2.45) is 12.8 Å². The number of carbonyl (C=O) groups excluding carboxylic acids is 1. The number of nitrogens with one attached hydrogen (secondary N) is 2. The van der Waals surface area contributed by atoms with Gasteiger partial charge in [0, 0.05) is 47.6 Å². The second-order valence-corrected chi connectivity index (χ2v) is 7.23. The van der Waals surface area contributed by atoms with E-state index >= 15 is 0 Å². The van der Waals surface area contributed by atoms with Crippen LogP contribution in [0.4, 0.5) is 0 Å². The van der Waals surface area contributed by atoms with Crippen molar-refractivity contribution in [3.63, 3.8) is 0 Å². The lowest BCUT2D eigenvalue weighted by molar-refractivity contribution is -0.113. The summed E-state index contributed by atoms with van der Waals surface area (Å²) in [5.74, 6) is 0.519. The fourth-order valence-corrected chi connectivity index (χ4v) is 2.97. The highest BCUT2D eigenvalue weighted by Crippen LogP contribution is 2.25. The Kier molecular flexibility index (Phi) is 9.19. The number of allylic oxidation sites excluding steroid dienone is 6. The van der Waals surface area contributed by atoms with Crippen LogP contribution in [0.1, 0.15) is 64.9 Å². The van der Waals surface area contributed by atoms with E-state index in [1.807, 2.05) is 30.8 Å². The van der Waals surface area contributed by atoms with Crippen molar-refractivity contribution >= 4 is 28.9 Å². The molecule has 6 nitrogen and oxygen atoms in total. The Balaban J connectivity index is 3.40. The minimum absolute atomic E-state index is 0.168. The Hall–Kier alpha value is -3.02. The van der Waals surface area contributed by atoms with Gasteiger partial charge in [-0.1, -0.05) is 26.3 Å². The fraction of sp³-hybridized carbons (Fsp3) is 0.391. The zero-order valence-corrected chi connectivity index (χ0v) is 18.2. The summed E-state index contributed by atoms with van der Waals surface area (Å²) in [5.41, 5.74) is 10.3. The van der Waals surface area contributed by atoms with E-state index < -0.39 is 0 Å². The van der Waals surface area contributed by atoms with Crippen LogP contribution in [0.15, 0.2) is 41.8 Å². The molecule has 0 aliphatic rings. The van der Waals surface area contributed by atoms with Gasteiger partial charge in [-0.05, 0) is 51.3 Å². The van der Waals surface area contributed by atoms with Crippen LogP contribution in [-0.4, -0.2) is 27.3 Å². The molecule has 29 heavy (non-hydrogen) atoms. The van der Waals surface area contributed by atoms with Gasteiger partial charge in [-0.25, -0.2) is 4.98 Å². The zero-order valence-electron chi connectivity index (χ0n) is 18.2. The average molecular weight is 396 g/mol.